The first-order chi connectivity index (χ1) is 13.0. The van der Waals surface area contributed by atoms with Crippen molar-refractivity contribution in [3.05, 3.63) is 58.5 Å². The minimum atomic E-state index is -4.69. The minimum absolute atomic E-state index is 0.297. The van der Waals surface area contributed by atoms with E-state index in [1.807, 2.05) is 4.72 Å². The molecule has 0 spiro atoms. The van der Waals surface area contributed by atoms with Gasteiger partial charge >= 0.3 is 11.9 Å². The monoisotopic (exact) mass is 414 g/mol. The Labute approximate surface area is 155 Å². The van der Waals surface area contributed by atoms with Crippen molar-refractivity contribution in [2.75, 3.05) is 11.9 Å². The number of aromatic amines is 2. The van der Waals surface area contributed by atoms with E-state index in [1.165, 1.54) is 18.2 Å². The second kappa shape index (κ2) is 7.13. The van der Waals surface area contributed by atoms with Crippen molar-refractivity contribution in [3.63, 3.8) is 0 Å². The number of benzene rings is 2. The molecule has 1 heterocycles. The van der Waals surface area contributed by atoms with Gasteiger partial charge in [-0.05, 0) is 36.4 Å². The number of carbonyl (C=O) groups excluding carboxylic acids is 1. The summed E-state index contributed by atoms with van der Waals surface area (Å²) in [5.74, 6) is -0.743. The highest BCUT2D eigenvalue weighted by Gasteiger charge is 2.31. The number of fused-ring (bicyclic) bond motifs is 1. The van der Waals surface area contributed by atoms with Gasteiger partial charge in [0.05, 0.1) is 28.0 Å². The fourth-order valence-corrected chi connectivity index (χ4v) is 3.43. The van der Waals surface area contributed by atoms with Crippen LogP contribution in [0.25, 0.3) is 11.0 Å². The van der Waals surface area contributed by atoms with Gasteiger partial charge in [0.1, 0.15) is 0 Å². The Bertz CT molecular complexity index is 1200. The van der Waals surface area contributed by atoms with Crippen molar-refractivity contribution >= 4 is 32.7 Å². The number of hydrogen-bond donors (Lipinski definition) is 4. The van der Waals surface area contributed by atoms with Crippen molar-refractivity contribution < 1.29 is 26.4 Å². The van der Waals surface area contributed by atoms with Gasteiger partial charge < -0.3 is 15.3 Å². The molecular formula is C16H13F3N4O4S. The lowest BCUT2D eigenvalue weighted by molar-refractivity contribution is -0.137. The molecule has 2 aromatic carbocycles. The van der Waals surface area contributed by atoms with Crippen molar-refractivity contribution in [3.8, 4) is 0 Å². The van der Waals surface area contributed by atoms with Gasteiger partial charge in [0.15, 0.2) is 0 Å². The first-order valence-electron chi connectivity index (χ1n) is 7.73. The smallest absolute Gasteiger partial charge is 0.325 e. The predicted molar refractivity (Wildman–Crippen MR) is 94.2 cm³/mol. The van der Waals surface area contributed by atoms with Crippen LogP contribution in [0, 0.1) is 0 Å². The zero-order valence-electron chi connectivity index (χ0n) is 13.9. The molecule has 3 aromatic rings. The molecule has 0 aliphatic carbocycles. The molecule has 4 N–H and O–H groups in total. The number of rotatable bonds is 5. The van der Waals surface area contributed by atoms with Crippen molar-refractivity contribution in [1.29, 1.82) is 0 Å². The van der Waals surface area contributed by atoms with E-state index in [4.69, 9.17) is 0 Å². The van der Waals surface area contributed by atoms with Gasteiger partial charge in [-0.3, -0.25) is 4.79 Å². The Balaban J connectivity index is 1.68. The summed E-state index contributed by atoms with van der Waals surface area (Å²) in [6.45, 7) is -0.694. The first kappa shape index (κ1) is 19.6. The molecule has 0 saturated heterocycles. The van der Waals surface area contributed by atoms with Gasteiger partial charge in [-0.1, -0.05) is 6.07 Å². The van der Waals surface area contributed by atoms with Crippen molar-refractivity contribution in [2.24, 2.45) is 0 Å². The van der Waals surface area contributed by atoms with Crippen molar-refractivity contribution in [1.82, 2.24) is 14.7 Å². The fraction of sp³-hybridized carbons (Fsp3) is 0.125. The number of aromatic nitrogens is 2. The zero-order valence-corrected chi connectivity index (χ0v) is 14.7. The van der Waals surface area contributed by atoms with E-state index in [0.717, 1.165) is 18.2 Å². The normalized spacial score (nSPS) is 12.2. The third kappa shape index (κ3) is 4.40. The summed E-state index contributed by atoms with van der Waals surface area (Å²) < 4.78 is 64.4. The number of hydrogen-bond acceptors (Lipinski definition) is 4. The summed E-state index contributed by atoms with van der Waals surface area (Å²) in [5.41, 5.74) is -0.285. The summed E-state index contributed by atoms with van der Waals surface area (Å²) in [4.78, 5) is 27.6. The van der Waals surface area contributed by atoms with Crippen LogP contribution in [0.5, 0.6) is 0 Å². The van der Waals surface area contributed by atoms with Crippen LogP contribution in [0.2, 0.25) is 0 Å². The van der Waals surface area contributed by atoms with Gasteiger partial charge in [-0.15, -0.1) is 0 Å². The molecule has 148 valence electrons. The Morgan fingerprint density at radius 2 is 1.75 bits per heavy atom. The van der Waals surface area contributed by atoms with Gasteiger partial charge in [-0.2, -0.15) is 13.2 Å². The van der Waals surface area contributed by atoms with Gasteiger partial charge in [0, 0.05) is 5.69 Å². The van der Waals surface area contributed by atoms with E-state index in [2.05, 4.69) is 15.3 Å². The SMILES string of the molecule is O=C(CNS(=O)(=O)c1cccc(C(F)(F)F)c1)Nc1ccc2[nH]c(=O)[nH]c2c1. The lowest BCUT2D eigenvalue weighted by Crippen LogP contribution is -2.33. The average molecular weight is 414 g/mol. The van der Waals surface area contributed by atoms with E-state index < -0.39 is 44.8 Å². The largest absolute Gasteiger partial charge is 0.416 e. The van der Waals surface area contributed by atoms with Crippen LogP contribution < -0.4 is 15.7 Å². The fourth-order valence-electron chi connectivity index (χ4n) is 2.40. The van der Waals surface area contributed by atoms with Crippen LogP contribution in [-0.4, -0.2) is 30.8 Å². The maximum absolute atomic E-state index is 12.7. The van der Waals surface area contributed by atoms with Gasteiger partial charge in [0.2, 0.25) is 15.9 Å². The minimum Gasteiger partial charge on any atom is -0.325 e. The number of sulfonamides is 1. The summed E-state index contributed by atoms with van der Waals surface area (Å²) in [6, 6.07) is 7.67. The molecule has 0 fully saturated rings. The third-order valence-corrected chi connectivity index (χ3v) is 5.09. The Kier molecular flexibility index (Phi) is 5.00. The van der Waals surface area contributed by atoms with Crippen molar-refractivity contribution in [2.45, 2.75) is 11.1 Å². The van der Waals surface area contributed by atoms with Crippen LogP contribution in [-0.2, 0) is 21.0 Å². The lowest BCUT2D eigenvalue weighted by atomic mass is 10.2. The average Bonchev–Trinajstić information content (AvgIpc) is 2.99. The number of nitrogens with one attached hydrogen (secondary N) is 4. The molecule has 0 atom stereocenters. The summed E-state index contributed by atoms with van der Waals surface area (Å²) in [6.07, 6.45) is -4.69. The van der Waals surface area contributed by atoms with E-state index in [9.17, 15) is 31.2 Å². The molecule has 1 aromatic heterocycles. The van der Waals surface area contributed by atoms with E-state index in [1.54, 1.807) is 0 Å². The molecule has 0 aliphatic heterocycles. The second-order valence-electron chi connectivity index (χ2n) is 5.74. The molecule has 1 amide bonds. The van der Waals surface area contributed by atoms with E-state index in [-0.39, 0.29) is 0 Å². The number of imidazole rings is 1. The zero-order chi connectivity index (χ0) is 20.5. The number of carbonyl (C=O) groups is 1. The van der Waals surface area contributed by atoms with Crippen LogP contribution in [0.1, 0.15) is 5.56 Å². The maximum atomic E-state index is 12.7. The number of amides is 1. The molecular weight excluding hydrogens is 401 g/mol. The van der Waals surface area contributed by atoms with E-state index in [0.29, 0.717) is 22.8 Å². The Morgan fingerprint density at radius 3 is 2.46 bits per heavy atom. The van der Waals surface area contributed by atoms with Gasteiger partial charge in [0.25, 0.3) is 0 Å². The molecule has 28 heavy (non-hydrogen) atoms. The summed E-state index contributed by atoms with van der Waals surface area (Å²) in [5, 5.41) is 2.42. The molecule has 8 nitrogen and oxygen atoms in total. The second-order valence-corrected chi connectivity index (χ2v) is 7.50. The standard InChI is InChI=1S/C16H13F3N4O4S/c17-16(18,19)9-2-1-3-11(6-9)28(26,27)20-8-14(24)21-10-4-5-12-13(7-10)23-15(25)22-12/h1-7,20H,8H2,(H,21,24)(H2,22,23,25). The maximum Gasteiger partial charge on any atom is 0.416 e. The summed E-state index contributed by atoms with van der Waals surface area (Å²) in [7, 11) is -4.33. The molecule has 0 radical (unpaired) electrons. The topological polar surface area (TPSA) is 124 Å². The number of alkyl halides is 3. The molecule has 12 heteroatoms. The van der Waals surface area contributed by atoms with Gasteiger partial charge in [-0.25, -0.2) is 17.9 Å². The lowest BCUT2D eigenvalue weighted by Gasteiger charge is -2.10. The van der Waals surface area contributed by atoms with Crippen LogP contribution >= 0.6 is 0 Å². The first-order valence-corrected chi connectivity index (χ1v) is 9.22. The summed E-state index contributed by atoms with van der Waals surface area (Å²) >= 11 is 0. The molecule has 0 aliphatic rings. The third-order valence-electron chi connectivity index (χ3n) is 3.69. The van der Waals surface area contributed by atoms with Crippen LogP contribution in [0.4, 0.5) is 18.9 Å². The highest BCUT2D eigenvalue weighted by molar-refractivity contribution is 7.89. The molecule has 0 saturated carbocycles. The predicted octanol–water partition coefficient (Wildman–Crippen LogP) is 1.79. The Morgan fingerprint density at radius 1 is 1.04 bits per heavy atom. The highest BCUT2D eigenvalue weighted by Crippen LogP contribution is 2.30. The molecule has 3 rings (SSSR count). The van der Waals surface area contributed by atoms with Crippen LogP contribution in [0.15, 0.2) is 52.2 Å². The van der Waals surface area contributed by atoms with Crippen LogP contribution in [0.3, 0.4) is 0 Å². The number of halogens is 3. The number of H-pyrrole nitrogens is 2. The number of anilines is 1. The Hall–Kier alpha value is -3.12. The molecule has 0 unspecified atom stereocenters. The highest BCUT2D eigenvalue weighted by atomic mass is 32.2. The quantitative estimate of drug-likeness (QED) is 0.508. The molecule has 0 bridgehead atoms. The van der Waals surface area contributed by atoms with E-state index >= 15 is 0 Å².